The molecule has 1 aromatic carbocycles. The number of piperazine rings is 1. The number of halogens is 1. The highest BCUT2D eigenvalue weighted by Crippen LogP contribution is 2.16. The van der Waals surface area contributed by atoms with E-state index in [1.807, 2.05) is 23.6 Å². The molecule has 8 nitrogen and oxygen atoms in total. The van der Waals surface area contributed by atoms with Gasteiger partial charge in [-0.05, 0) is 38.1 Å². The normalized spacial score (nSPS) is 16.1. The molecule has 1 aromatic rings. The average molecular weight is 378 g/mol. The van der Waals surface area contributed by atoms with E-state index in [2.05, 4.69) is 15.6 Å². The number of amides is 2. The first-order valence-electron chi connectivity index (χ1n) is 8.80. The third-order valence-corrected chi connectivity index (χ3v) is 4.72. The van der Waals surface area contributed by atoms with E-state index in [1.165, 1.54) is 24.3 Å². The van der Waals surface area contributed by atoms with Gasteiger partial charge in [0.2, 0.25) is 11.8 Å². The molecule has 0 unspecified atom stereocenters. The summed E-state index contributed by atoms with van der Waals surface area (Å²) < 4.78 is 12.9. The van der Waals surface area contributed by atoms with Crippen molar-refractivity contribution in [3.05, 3.63) is 30.1 Å². The van der Waals surface area contributed by atoms with E-state index in [-0.39, 0.29) is 24.2 Å². The van der Waals surface area contributed by atoms with Gasteiger partial charge in [-0.15, -0.1) is 0 Å². The van der Waals surface area contributed by atoms with Crippen LogP contribution in [0.2, 0.25) is 0 Å². The van der Waals surface area contributed by atoms with Crippen LogP contribution in [0.15, 0.2) is 29.3 Å². The van der Waals surface area contributed by atoms with Gasteiger partial charge in [-0.2, -0.15) is 0 Å². The summed E-state index contributed by atoms with van der Waals surface area (Å²) in [4.78, 5) is 31.9. The Balaban J connectivity index is 1.83. The lowest BCUT2D eigenvalue weighted by atomic mass is 10.0. The topological polar surface area (TPSA) is 103 Å². The number of carbonyl (C=O) groups excluding carboxylic acids is 2. The van der Waals surface area contributed by atoms with Crippen molar-refractivity contribution in [3.8, 4) is 0 Å². The van der Waals surface area contributed by atoms with E-state index < -0.39 is 5.54 Å². The van der Waals surface area contributed by atoms with Crippen molar-refractivity contribution in [1.29, 1.82) is 0 Å². The Labute approximate surface area is 158 Å². The maximum absolute atomic E-state index is 12.9. The first-order chi connectivity index (χ1) is 12.7. The Morgan fingerprint density at radius 2 is 1.78 bits per heavy atom. The number of hydrogen-bond donors (Lipinski definition) is 3. The molecule has 1 aliphatic heterocycles. The van der Waals surface area contributed by atoms with Crippen LogP contribution in [0.25, 0.3) is 0 Å². The van der Waals surface area contributed by atoms with Crippen molar-refractivity contribution in [2.45, 2.75) is 19.4 Å². The summed E-state index contributed by atoms with van der Waals surface area (Å²) in [6.07, 6.45) is 0. The van der Waals surface area contributed by atoms with Gasteiger partial charge in [0.25, 0.3) is 0 Å². The lowest BCUT2D eigenvalue weighted by Gasteiger charge is -2.43. The second kappa shape index (κ2) is 8.81. The lowest BCUT2D eigenvalue weighted by molar-refractivity contribution is -0.129. The van der Waals surface area contributed by atoms with Crippen molar-refractivity contribution in [3.63, 3.8) is 0 Å². The maximum Gasteiger partial charge on any atom is 0.243 e. The number of primary amides is 1. The molecule has 9 heteroatoms. The van der Waals surface area contributed by atoms with Crippen LogP contribution in [0.4, 0.5) is 10.1 Å². The molecule has 0 atom stereocenters. The minimum absolute atomic E-state index is 0.0387. The first-order valence-corrected chi connectivity index (χ1v) is 8.80. The van der Waals surface area contributed by atoms with E-state index in [0.717, 1.165) is 0 Å². The smallest absolute Gasteiger partial charge is 0.243 e. The molecule has 0 saturated carbocycles. The Bertz CT molecular complexity index is 696. The number of benzene rings is 1. The van der Waals surface area contributed by atoms with Crippen LogP contribution in [0, 0.1) is 5.82 Å². The highest BCUT2D eigenvalue weighted by molar-refractivity contribution is 5.95. The molecule has 1 fully saturated rings. The van der Waals surface area contributed by atoms with Crippen LogP contribution in [-0.4, -0.2) is 72.9 Å². The van der Waals surface area contributed by atoms with Crippen LogP contribution in [-0.2, 0) is 9.59 Å². The van der Waals surface area contributed by atoms with Crippen molar-refractivity contribution >= 4 is 23.5 Å². The summed E-state index contributed by atoms with van der Waals surface area (Å²) in [5, 5.41) is 5.72. The Kier molecular flexibility index (Phi) is 6.73. The summed E-state index contributed by atoms with van der Waals surface area (Å²) in [7, 11) is 1.65. The fraction of sp³-hybridized carbons (Fsp3) is 0.500. The van der Waals surface area contributed by atoms with Gasteiger partial charge in [-0.1, -0.05) is 0 Å². The minimum atomic E-state index is -0.696. The van der Waals surface area contributed by atoms with E-state index in [0.29, 0.717) is 37.8 Å². The van der Waals surface area contributed by atoms with Gasteiger partial charge in [-0.25, -0.2) is 4.39 Å². The summed E-state index contributed by atoms with van der Waals surface area (Å²) in [5.74, 6) is -0.349. The summed E-state index contributed by atoms with van der Waals surface area (Å²) in [6, 6.07) is 5.58. The Morgan fingerprint density at radius 1 is 1.19 bits per heavy atom. The van der Waals surface area contributed by atoms with Crippen LogP contribution in [0.1, 0.15) is 13.8 Å². The molecule has 0 aliphatic carbocycles. The zero-order chi connectivity index (χ0) is 20.0. The van der Waals surface area contributed by atoms with Gasteiger partial charge >= 0.3 is 0 Å². The van der Waals surface area contributed by atoms with Crippen molar-refractivity contribution < 1.29 is 14.0 Å². The highest BCUT2D eigenvalue weighted by Gasteiger charge is 2.35. The quantitative estimate of drug-likeness (QED) is 0.502. The monoisotopic (exact) mass is 378 g/mol. The van der Waals surface area contributed by atoms with Gasteiger partial charge in [0, 0.05) is 38.9 Å². The molecule has 27 heavy (non-hydrogen) atoms. The zero-order valence-corrected chi connectivity index (χ0v) is 16.0. The lowest BCUT2D eigenvalue weighted by Crippen LogP contribution is -2.61. The molecule has 0 radical (unpaired) electrons. The number of nitrogens with two attached hydrogens (primary N) is 1. The van der Waals surface area contributed by atoms with E-state index in [9.17, 15) is 14.0 Å². The van der Waals surface area contributed by atoms with Gasteiger partial charge in [0.1, 0.15) is 5.82 Å². The number of nitrogens with one attached hydrogen (secondary N) is 2. The van der Waals surface area contributed by atoms with Crippen LogP contribution < -0.4 is 16.4 Å². The Hall–Kier alpha value is -2.68. The number of anilines is 1. The number of guanidine groups is 1. The predicted molar refractivity (Wildman–Crippen MR) is 103 cm³/mol. The SMILES string of the molecule is CN=C(NCC(=O)Nc1ccc(F)cc1)N1CCN(C(C)(C)C(N)=O)CC1. The van der Waals surface area contributed by atoms with Gasteiger partial charge in [0.15, 0.2) is 5.96 Å². The number of aliphatic imine (C=N–C) groups is 1. The van der Waals surface area contributed by atoms with Crippen LogP contribution in [0.3, 0.4) is 0 Å². The standard InChI is InChI=1S/C18H27FN6O2/c1-18(2,16(20)27)25-10-8-24(9-11-25)17(21-3)22-12-15(26)23-14-6-4-13(19)5-7-14/h4-7H,8-12H2,1-3H3,(H2,20,27)(H,21,22)(H,23,26). The minimum Gasteiger partial charge on any atom is -0.368 e. The molecule has 0 aromatic heterocycles. The molecule has 4 N–H and O–H groups in total. The molecule has 1 heterocycles. The summed E-state index contributed by atoms with van der Waals surface area (Å²) in [6.45, 7) is 6.33. The van der Waals surface area contributed by atoms with Crippen molar-refractivity contribution in [1.82, 2.24) is 15.1 Å². The summed E-state index contributed by atoms with van der Waals surface area (Å²) in [5.41, 5.74) is 5.31. The fourth-order valence-electron chi connectivity index (χ4n) is 2.86. The second-order valence-electron chi connectivity index (χ2n) is 6.85. The van der Waals surface area contributed by atoms with E-state index in [1.54, 1.807) is 7.05 Å². The molecule has 148 valence electrons. The molecular weight excluding hydrogens is 351 g/mol. The molecule has 2 amide bonds. The first kappa shape index (κ1) is 20.6. The molecule has 2 rings (SSSR count). The molecule has 0 bridgehead atoms. The third-order valence-electron chi connectivity index (χ3n) is 4.72. The number of rotatable bonds is 5. The fourth-order valence-corrected chi connectivity index (χ4v) is 2.86. The predicted octanol–water partition coefficient (Wildman–Crippen LogP) is 0.221. The second-order valence-corrected chi connectivity index (χ2v) is 6.85. The van der Waals surface area contributed by atoms with Gasteiger partial charge in [0.05, 0.1) is 12.1 Å². The summed E-state index contributed by atoms with van der Waals surface area (Å²) >= 11 is 0. The maximum atomic E-state index is 12.9. The third kappa shape index (κ3) is 5.40. The van der Waals surface area contributed by atoms with Crippen molar-refractivity contribution in [2.24, 2.45) is 10.7 Å². The largest absolute Gasteiger partial charge is 0.368 e. The highest BCUT2D eigenvalue weighted by atomic mass is 19.1. The Morgan fingerprint density at radius 3 is 2.30 bits per heavy atom. The average Bonchev–Trinajstić information content (AvgIpc) is 2.64. The molecule has 1 saturated heterocycles. The van der Waals surface area contributed by atoms with E-state index >= 15 is 0 Å². The van der Waals surface area contributed by atoms with Crippen molar-refractivity contribution in [2.75, 3.05) is 45.1 Å². The molecule has 1 aliphatic rings. The van der Waals surface area contributed by atoms with Gasteiger partial charge < -0.3 is 21.3 Å². The number of hydrogen-bond acceptors (Lipinski definition) is 4. The zero-order valence-electron chi connectivity index (χ0n) is 16.0. The van der Waals surface area contributed by atoms with E-state index in [4.69, 9.17) is 5.73 Å². The number of nitrogens with zero attached hydrogens (tertiary/aromatic N) is 3. The van der Waals surface area contributed by atoms with Crippen LogP contribution >= 0.6 is 0 Å². The van der Waals surface area contributed by atoms with Gasteiger partial charge in [-0.3, -0.25) is 19.5 Å². The molecule has 0 spiro atoms. The number of carbonyl (C=O) groups is 2. The molecular formula is C18H27FN6O2. The van der Waals surface area contributed by atoms with Crippen LogP contribution in [0.5, 0.6) is 0 Å².